The van der Waals surface area contributed by atoms with E-state index in [0.717, 1.165) is 0 Å². The van der Waals surface area contributed by atoms with E-state index in [1.807, 2.05) is 6.92 Å². The lowest BCUT2D eigenvalue weighted by atomic mass is 9.96. The molecule has 1 atom stereocenters. The summed E-state index contributed by atoms with van der Waals surface area (Å²) in [7, 11) is 0. The van der Waals surface area contributed by atoms with Gasteiger partial charge in [-0.1, -0.05) is 20.8 Å². The topological polar surface area (TPSA) is 131 Å². The van der Waals surface area contributed by atoms with Crippen LogP contribution in [0.2, 0.25) is 0 Å². The Bertz CT molecular complexity index is 653. The predicted molar refractivity (Wildman–Crippen MR) is 102 cm³/mol. The summed E-state index contributed by atoms with van der Waals surface area (Å²) in [6.45, 7) is 8.73. The van der Waals surface area contributed by atoms with E-state index in [9.17, 15) is 19.2 Å². The lowest BCUT2D eigenvalue weighted by Gasteiger charge is -2.41. The largest absolute Gasteiger partial charge is 0.370 e. The number of ether oxygens (including phenoxy) is 1. The van der Waals surface area contributed by atoms with Gasteiger partial charge in [-0.3, -0.25) is 19.2 Å². The Morgan fingerprint density at radius 3 is 2.32 bits per heavy atom. The van der Waals surface area contributed by atoms with Gasteiger partial charge in [-0.05, 0) is 19.8 Å². The quantitative estimate of drug-likeness (QED) is 0.501. The molecular formula is C19H32N4O5. The van der Waals surface area contributed by atoms with Crippen molar-refractivity contribution in [2.45, 2.75) is 52.6 Å². The Kier molecular flexibility index (Phi) is 6.37. The highest BCUT2D eigenvalue weighted by Gasteiger charge is 2.57. The molecule has 1 aliphatic heterocycles. The van der Waals surface area contributed by atoms with Crippen LogP contribution in [0.3, 0.4) is 0 Å². The molecule has 1 aliphatic carbocycles. The molecule has 0 aromatic heterocycles. The van der Waals surface area contributed by atoms with E-state index in [-0.39, 0.29) is 43.8 Å². The van der Waals surface area contributed by atoms with Gasteiger partial charge in [0.15, 0.2) is 0 Å². The van der Waals surface area contributed by atoms with E-state index < -0.39 is 22.3 Å². The first kappa shape index (κ1) is 22.1. The van der Waals surface area contributed by atoms with Gasteiger partial charge in [0.2, 0.25) is 23.6 Å². The van der Waals surface area contributed by atoms with Crippen LogP contribution >= 0.6 is 0 Å². The van der Waals surface area contributed by atoms with Crippen molar-refractivity contribution >= 4 is 23.6 Å². The third-order valence-electron chi connectivity index (χ3n) is 5.23. The van der Waals surface area contributed by atoms with Gasteiger partial charge in [0.25, 0.3) is 0 Å². The van der Waals surface area contributed by atoms with E-state index in [2.05, 4.69) is 10.6 Å². The van der Waals surface area contributed by atoms with Gasteiger partial charge < -0.3 is 26.0 Å². The molecule has 2 aliphatic rings. The monoisotopic (exact) mass is 396 g/mol. The number of morpholine rings is 1. The summed E-state index contributed by atoms with van der Waals surface area (Å²) in [4.78, 5) is 49.8. The molecule has 1 saturated heterocycles. The molecule has 0 bridgehead atoms. The van der Waals surface area contributed by atoms with E-state index in [1.54, 1.807) is 25.7 Å². The molecule has 0 aromatic rings. The zero-order chi connectivity index (χ0) is 21.2. The molecule has 9 nitrogen and oxygen atoms in total. The highest BCUT2D eigenvalue weighted by molar-refractivity contribution is 6.07. The van der Waals surface area contributed by atoms with Gasteiger partial charge in [-0.25, -0.2) is 0 Å². The van der Waals surface area contributed by atoms with E-state index in [4.69, 9.17) is 10.5 Å². The highest BCUT2D eigenvalue weighted by Crippen LogP contribution is 2.47. The minimum Gasteiger partial charge on any atom is -0.370 e. The lowest BCUT2D eigenvalue weighted by molar-refractivity contribution is -0.156. The number of nitrogens with two attached hydrogens (primary N) is 1. The van der Waals surface area contributed by atoms with Crippen molar-refractivity contribution in [2.24, 2.45) is 16.6 Å². The fraction of sp³-hybridized carbons (Fsp3) is 0.789. The lowest BCUT2D eigenvalue weighted by Crippen LogP contribution is -2.59. The Hall–Kier alpha value is -2.16. The summed E-state index contributed by atoms with van der Waals surface area (Å²) in [6, 6.07) is 0. The molecule has 28 heavy (non-hydrogen) atoms. The maximum atomic E-state index is 12.7. The van der Waals surface area contributed by atoms with Crippen LogP contribution in [0.1, 0.15) is 47.0 Å². The first-order chi connectivity index (χ1) is 12.9. The third kappa shape index (κ3) is 5.21. The molecule has 9 heteroatoms. The van der Waals surface area contributed by atoms with E-state index >= 15 is 0 Å². The second-order valence-corrected chi connectivity index (χ2v) is 9.00. The molecule has 0 aromatic carbocycles. The molecule has 1 unspecified atom stereocenters. The Labute approximate surface area is 165 Å². The zero-order valence-electron chi connectivity index (χ0n) is 17.2. The van der Waals surface area contributed by atoms with Crippen LogP contribution in [0, 0.1) is 10.8 Å². The number of hydrogen-bond acceptors (Lipinski definition) is 5. The first-order valence-electron chi connectivity index (χ1n) is 9.68. The normalized spacial score (nSPS) is 23.6. The third-order valence-corrected chi connectivity index (χ3v) is 5.23. The molecule has 2 rings (SSSR count). The number of carbonyl (C=O) groups is 4. The molecule has 0 radical (unpaired) electrons. The molecule has 4 amide bonds. The van der Waals surface area contributed by atoms with Crippen LogP contribution in [-0.4, -0.2) is 66.9 Å². The number of primary amides is 1. The summed E-state index contributed by atoms with van der Waals surface area (Å²) in [6.07, 6.45) is 1.14. The number of amides is 4. The Morgan fingerprint density at radius 2 is 1.79 bits per heavy atom. The molecule has 1 saturated carbocycles. The summed E-state index contributed by atoms with van der Waals surface area (Å²) in [5, 5.41) is 5.53. The fourth-order valence-corrected chi connectivity index (χ4v) is 3.13. The average Bonchev–Trinajstić information content (AvgIpc) is 3.40. The van der Waals surface area contributed by atoms with Crippen LogP contribution in [0.4, 0.5) is 0 Å². The molecule has 2 fully saturated rings. The van der Waals surface area contributed by atoms with Crippen LogP contribution < -0.4 is 16.4 Å². The van der Waals surface area contributed by atoms with Crippen molar-refractivity contribution in [3.63, 3.8) is 0 Å². The van der Waals surface area contributed by atoms with Gasteiger partial charge >= 0.3 is 0 Å². The Balaban J connectivity index is 1.80. The minimum atomic E-state index is -1.05. The number of nitrogens with one attached hydrogen (secondary N) is 2. The van der Waals surface area contributed by atoms with E-state index in [0.29, 0.717) is 26.0 Å². The zero-order valence-corrected chi connectivity index (χ0v) is 17.2. The number of nitrogens with zero attached hydrogens (tertiary/aromatic N) is 1. The van der Waals surface area contributed by atoms with Crippen molar-refractivity contribution in [1.82, 2.24) is 15.5 Å². The van der Waals surface area contributed by atoms with Gasteiger partial charge in [0.05, 0.1) is 13.2 Å². The van der Waals surface area contributed by atoms with Gasteiger partial charge in [-0.15, -0.1) is 0 Å². The average molecular weight is 396 g/mol. The Morgan fingerprint density at radius 1 is 1.14 bits per heavy atom. The van der Waals surface area contributed by atoms with Crippen LogP contribution in [0.5, 0.6) is 0 Å². The summed E-state index contributed by atoms with van der Waals surface area (Å²) in [5.41, 5.74) is 3.10. The predicted octanol–water partition coefficient (Wildman–Crippen LogP) is -0.462. The maximum Gasteiger partial charge on any atom is 0.238 e. The summed E-state index contributed by atoms with van der Waals surface area (Å²) < 4.78 is 5.78. The molecule has 4 N–H and O–H groups in total. The molecule has 1 heterocycles. The second-order valence-electron chi connectivity index (χ2n) is 9.00. The van der Waals surface area contributed by atoms with Crippen molar-refractivity contribution in [3.05, 3.63) is 0 Å². The number of carbonyl (C=O) groups excluding carboxylic acids is 4. The highest BCUT2D eigenvalue weighted by atomic mass is 16.5. The van der Waals surface area contributed by atoms with Gasteiger partial charge in [-0.2, -0.15) is 0 Å². The van der Waals surface area contributed by atoms with E-state index in [1.165, 1.54) is 0 Å². The standard InChI is InChI=1S/C19H32N4O5/c1-17(2,3)15(26)21-8-5-13(24)22-11-18(4)12-23(9-10-28-18)16(27)19(6-7-19)14(20)25/h5-12H2,1-4H3,(H2,20,25)(H,21,26)(H,22,24). The molecular weight excluding hydrogens is 364 g/mol. The number of hydrogen-bond donors (Lipinski definition) is 3. The van der Waals surface area contributed by atoms with Crippen LogP contribution in [-0.2, 0) is 23.9 Å². The summed E-state index contributed by atoms with van der Waals surface area (Å²) >= 11 is 0. The fourth-order valence-electron chi connectivity index (χ4n) is 3.13. The molecule has 158 valence electrons. The van der Waals surface area contributed by atoms with Crippen molar-refractivity contribution in [2.75, 3.05) is 32.8 Å². The SMILES string of the molecule is CC1(CNC(=O)CCNC(=O)C(C)(C)C)CN(C(=O)C2(C(N)=O)CC2)CCO1. The summed E-state index contributed by atoms with van der Waals surface area (Å²) in [5.74, 6) is -1.14. The maximum absolute atomic E-state index is 12.7. The second kappa shape index (κ2) is 8.06. The van der Waals surface area contributed by atoms with Gasteiger partial charge in [0.1, 0.15) is 11.0 Å². The van der Waals surface area contributed by atoms with Crippen LogP contribution in [0.25, 0.3) is 0 Å². The number of rotatable bonds is 7. The minimum absolute atomic E-state index is 0.111. The van der Waals surface area contributed by atoms with Crippen LogP contribution in [0.15, 0.2) is 0 Å². The van der Waals surface area contributed by atoms with Crippen molar-refractivity contribution < 1.29 is 23.9 Å². The van der Waals surface area contributed by atoms with Crippen molar-refractivity contribution in [3.8, 4) is 0 Å². The van der Waals surface area contributed by atoms with Gasteiger partial charge in [0, 0.05) is 31.5 Å². The van der Waals surface area contributed by atoms with Crippen molar-refractivity contribution in [1.29, 1.82) is 0 Å². The first-order valence-corrected chi connectivity index (χ1v) is 9.68. The molecule has 0 spiro atoms. The smallest absolute Gasteiger partial charge is 0.238 e.